The summed E-state index contributed by atoms with van der Waals surface area (Å²) in [4.78, 5) is 17.4. The lowest BCUT2D eigenvalue weighted by molar-refractivity contribution is -0.137. The van der Waals surface area contributed by atoms with E-state index in [9.17, 15) is 27.5 Å². The highest BCUT2D eigenvalue weighted by Gasteiger charge is 2.87. The van der Waals surface area contributed by atoms with E-state index in [2.05, 4.69) is 10.3 Å². The summed E-state index contributed by atoms with van der Waals surface area (Å²) in [5.41, 5.74) is -2.98. The second kappa shape index (κ2) is 6.39. The quantitative estimate of drug-likeness (QED) is 0.718. The van der Waals surface area contributed by atoms with Crippen LogP contribution in [0.4, 0.5) is 23.2 Å². The summed E-state index contributed by atoms with van der Waals surface area (Å²) in [6.07, 6.45) is -4.74. The Morgan fingerprint density at radius 2 is 2.10 bits per heavy atom. The largest absolute Gasteiger partial charge is 0.481 e. The third kappa shape index (κ3) is 2.64. The first kappa shape index (κ1) is 20.2. The van der Waals surface area contributed by atoms with Crippen LogP contribution < -0.4 is 10.1 Å². The van der Waals surface area contributed by atoms with E-state index in [0.717, 1.165) is 0 Å². The number of fused-ring (bicyclic) bond motifs is 5. The van der Waals surface area contributed by atoms with Gasteiger partial charge in [-0.25, -0.2) is 9.37 Å². The van der Waals surface area contributed by atoms with Crippen LogP contribution in [0.3, 0.4) is 0 Å². The number of aliphatic hydroxyl groups excluding tert-OH is 1. The molecule has 1 amide bonds. The van der Waals surface area contributed by atoms with E-state index in [1.54, 1.807) is 12.1 Å². The zero-order chi connectivity index (χ0) is 22.2. The molecule has 2 aromatic rings. The number of methoxy groups -OCH3 is 1. The molecule has 0 spiro atoms. The van der Waals surface area contributed by atoms with Gasteiger partial charge < -0.3 is 19.9 Å². The predicted octanol–water partition coefficient (Wildman–Crippen LogP) is 3.05. The molecule has 164 valence electrons. The van der Waals surface area contributed by atoms with Gasteiger partial charge in [-0.3, -0.25) is 4.79 Å². The number of hydrogen-bond donors (Lipinski definition) is 2. The van der Waals surface area contributed by atoms with Crippen molar-refractivity contribution < 1.29 is 36.9 Å². The number of carbonyl (C=O) groups is 1. The minimum Gasteiger partial charge on any atom is -0.481 e. The first-order valence-electron chi connectivity index (χ1n) is 9.66. The van der Waals surface area contributed by atoms with Crippen LogP contribution in [0.25, 0.3) is 0 Å². The fourth-order valence-corrected chi connectivity index (χ4v) is 5.36. The first-order valence-corrected chi connectivity index (χ1v) is 9.66. The van der Waals surface area contributed by atoms with Crippen molar-refractivity contribution in [2.45, 2.75) is 42.7 Å². The van der Waals surface area contributed by atoms with Gasteiger partial charge in [0.05, 0.1) is 42.1 Å². The number of alkyl halides is 3. The normalized spacial score (nSPS) is 33.2. The molecule has 1 aromatic carbocycles. The maximum Gasteiger partial charge on any atom is 0.416 e. The number of ether oxygens (including phenoxy) is 2. The fraction of sp³-hybridized carbons (Fsp3) is 0.429. The standard InChI is InChI=1S/C21H18F4N2O4/c1-30-16-7-10(4-5-26-16)19-9-20(19,15-8-14(28)17(19)31-15)18(29)27-13-6-11(21(23,24)25)2-3-12(13)22/h2-7,14-15,17,28H,8-9H2,1H3,(H,27,29)/t14-,15+,17-,19+,20+/m0/s1. The van der Waals surface area contributed by atoms with Crippen molar-refractivity contribution >= 4 is 11.6 Å². The lowest BCUT2D eigenvalue weighted by atomic mass is 9.74. The highest BCUT2D eigenvalue weighted by atomic mass is 19.4. The number of halogens is 4. The number of aromatic nitrogens is 1. The molecule has 5 rings (SSSR count). The molecule has 0 unspecified atom stereocenters. The van der Waals surface area contributed by atoms with Gasteiger partial charge in [0.15, 0.2) is 0 Å². The maximum atomic E-state index is 14.2. The van der Waals surface area contributed by atoms with Crippen LogP contribution in [0.2, 0.25) is 0 Å². The number of carbonyl (C=O) groups excluding carboxylic acids is 1. The molecule has 31 heavy (non-hydrogen) atoms. The highest BCUT2D eigenvalue weighted by molar-refractivity contribution is 6.01. The Bertz CT molecular complexity index is 1080. The Kier molecular flexibility index (Phi) is 4.17. The average molecular weight is 438 g/mol. The van der Waals surface area contributed by atoms with Crippen molar-refractivity contribution in [3.63, 3.8) is 0 Å². The zero-order valence-corrected chi connectivity index (χ0v) is 16.2. The molecule has 0 radical (unpaired) electrons. The molecule has 2 saturated heterocycles. The lowest BCUT2D eigenvalue weighted by Crippen LogP contribution is -2.44. The Morgan fingerprint density at radius 3 is 2.81 bits per heavy atom. The number of nitrogens with one attached hydrogen (secondary N) is 1. The molecule has 3 aliphatic rings. The first-order chi connectivity index (χ1) is 14.6. The molecule has 5 atom stereocenters. The summed E-state index contributed by atoms with van der Waals surface area (Å²) in [6.45, 7) is 0. The second-order valence-corrected chi connectivity index (χ2v) is 8.20. The molecule has 2 bridgehead atoms. The third-order valence-electron chi connectivity index (χ3n) is 6.79. The van der Waals surface area contributed by atoms with Crippen LogP contribution in [-0.2, 0) is 21.1 Å². The summed E-state index contributed by atoms with van der Waals surface area (Å²) in [5.74, 6) is -1.30. The summed E-state index contributed by atoms with van der Waals surface area (Å²) in [6, 6.07) is 5.21. The van der Waals surface area contributed by atoms with Crippen LogP contribution in [0, 0.1) is 11.2 Å². The van der Waals surface area contributed by atoms with E-state index < -0.39 is 58.3 Å². The van der Waals surface area contributed by atoms with Crippen molar-refractivity contribution in [3.8, 4) is 5.88 Å². The number of anilines is 1. The monoisotopic (exact) mass is 438 g/mol. The predicted molar refractivity (Wildman–Crippen MR) is 98.8 cm³/mol. The molecule has 3 fully saturated rings. The lowest BCUT2D eigenvalue weighted by Gasteiger charge is -2.29. The summed E-state index contributed by atoms with van der Waals surface area (Å²) in [5, 5.41) is 12.8. The van der Waals surface area contributed by atoms with E-state index in [4.69, 9.17) is 9.47 Å². The van der Waals surface area contributed by atoms with Crippen molar-refractivity contribution in [3.05, 3.63) is 53.5 Å². The van der Waals surface area contributed by atoms with Crippen molar-refractivity contribution in [1.29, 1.82) is 0 Å². The van der Waals surface area contributed by atoms with Crippen LogP contribution in [0.5, 0.6) is 5.88 Å². The Morgan fingerprint density at radius 1 is 1.32 bits per heavy atom. The van der Waals surface area contributed by atoms with Gasteiger partial charge in [0.25, 0.3) is 0 Å². The van der Waals surface area contributed by atoms with E-state index in [-0.39, 0.29) is 6.42 Å². The zero-order valence-electron chi connectivity index (χ0n) is 16.2. The van der Waals surface area contributed by atoms with Crippen LogP contribution >= 0.6 is 0 Å². The van der Waals surface area contributed by atoms with Gasteiger partial charge in [0.2, 0.25) is 11.8 Å². The number of rotatable bonds is 4. The molecule has 3 heterocycles. The van der Waals surface area contributed by atoms with Gasteiger partial charge in [-0.15, -0.1) is 0 Å². The second-order valence-electron chi connectivity index (χ2n) is 8.20. The van der Waals surface area contributed by atoms with Gasteiger partial charge in [0, 0.05) is 24.1 Å². The minimum absolute atomic E-state index is 0.215. The summed E-state index contributed by atoms with van der Waals surface area (Å²) >= 11 is 0. The van der Waals surface area contributed by atoms with Gasteiger partial charge in [-0.1, -0.05) is 0 Å². The Labute approximate surface area is 174 Å². The van der Waals surface area contributed by atoms with Gasteiger partial charge >= 0.3 is 6.18 Å². The fourth-order valence-electron chi connectivity index (χ4n) is 5.36. The average Bonchev–Trinajstić information content (AvgIpc) is 3.22. The molecular formula is C21H18F4N2O4. The van der Waals surface area contributed by atoms with Gasteiger partial charge in [-0.05, 0) is 36.2 Å². The van der Waals surface area contributed by atoms with E-state index in [0.29, 0.717) is 36.1 Å². The van der Waals surface area contributed by atoms with E-state index in [1.807, 2.05) is 0 Å². The van der Waals surface area contributed by atoms with Crippen LogP contribution in [0.15, 0.2) is 36.5 Å². The molecule has 1 aromatic heterocycles. The number of hydrogen-bond acceptors (Lipinski definition) is 5. The molecule has 1 saturated carbocycles. The Balaban J connectivity index is 1.52. The number of pyridine rings is 1. The highest BCUT2D eigenvalue weighted by Crippen LogP contribution is 2.77. The van der Waals surface area contributed by atoms with Gasteiger partial charge in [0.1, 0.15) is 5.82 Å². The summed E-state index contributed by atoms with van der Waals surface area (Å²) in [7, 11) is 1.44. The number of nitrogens with zero attached hydrogens (tertiary/aromatic N) is 1. The third-order valence-corrected chi connectivity index (χ3v) is 6.79. The molecule has 2 N–H and O–H groups in total. The van der Waals surface area contributed by atoms with Gasteiger partial charge in [-0.2, -0.15) is 13.2 Å². The van der Waals surface area contributed by atoms with E-state index in [1.165, 1.54) is 13.3 Å². The van der Waals surface area contributed by atoms with E-state index >= 15 is 0 Å². The van der Waals surface area contributed by atoms with Crippen molar-refractivity contribution in [2.24, 2.45) is 5.41 Å². The number of benzene rings is 1. The Hall–Kier alpha value is -2.72. The van der Waals surface area contributed by atoms with Crippen LogP contribution in [0.1, 0.15) is 24.0 Å². The maximum absolute atomic E-state index is 14.2. The molecule has 2 aliphatic heterocycles. The van der Waals surface area contributed by atoms with Crippen molar-refractivity contribution in [2.75, 3.05) is 12.4 Å². The van der Waals surface area contributed by atoms with Crippen LogP contribution in [-0.4, -0.2) is 41.4 Å². The number of aliphatic hydroxyl groups is 1. The molecular weight excluding hydrogens is 420 g/mol. The minimum atomic E-state index is -4.68. The smallest absolute Gasteiger partial charge is 0.416 e. The molecule has 1 aliphatic carbocycles. The summed E-state index contributed by atoms with van der Waals surface area (Å²) < 4.78 is 64.4. The topological polar surface area (TPSA) is 80.7 Å². The molecule has 6 nitrogen and oxygen atoms in total. The number of amides is 1. The van der Waals surface area contributed by atoms with Crippen molar-refractivity contribution in [1.82, 2.24) is 4.98 Å². The molecule has 10 heteroatoms. The SMILES string of the molecule is COc1cc([C@@]23C[C@]2(C(=O)Nc2cc(C(F)(F)F)ccc2F)[C@H]2C[C@H](O)[C@@H]3O2)ccn1.